The summed E-state index contributed by atoms with van der Waals surface area (Å²) >= 11 is 5.80. The van der Waals surface area contributed by atoms with Crippen LogP contribution < -0.4 is 4.74 Å². The third-order valence-electron chi connectivity index (χ3n) is 2.78. The van der Waals surface area contributed by atoms with Crippen LogP contribution in [0.2, 0.25) is 5.02 Å². The average Bonchev–Trinajstić information content (AvgIpc) is 2.41. The molecule has 0 unspecified atom stereocenters. The molecule has 2 nitrogen and oxygen atoms in total. The Kier molecular flexibility index (Phi) is 4.10. The molecule has 0 atom stereocenters. The number of aryl methyl sites for hydroxylation is 1. The Morgan fingerprint density at radius 2 is 1.86 bits per heavy atom. The van der Waals surface area contributed by atoms with Crippen molar-refractivity contribution in [2.75, 3.05) is 0 Å². The Morgan fingerprint density at radius 3 is 2.43 bits per heavy atom. The van der Waals surface area contributed by atoms with Crippen LogP contribution in [-0.2, 0) is 6.18 Å². The fourth-order valence-corrected chi connectivity index (χ4v) is 2.00. The molecule has 0 aromatic heterocycles. The molecule has 108 valence electrons. The molecule has 2 rings (SSSR count). The fraction of sp³-hybridized carbons (Fsp3) is 0.133. The number of hydrogen-bond donors (Lipinski definition) is 0. The first-order valence-electron chi connectivity index (χ1n) is 5.86. The number of halogens is 4. The van der Waals surface area contributed by atoms with Crippen molar-refractivity contribution in [1.29, 1.82) is 5.26 Å². The maximum atomic E-state index is 12.9. The predicted molar refractivity (Wildman–Crippen MR) is 72.4 cm³/mol. The zero-order valence-corrected chi connectivity index (χ0v) is 11.6. The summed E-state index contributed by atoms with van der Waals surface area (Å²) in [4.78, 5) is 0. The van der Waals surface area contributed by atoms with Crippen LogP contribution in [0.3, 0.4) is 0 Å². The van der Waals surface area contributed by atoms with Gasteiger partial charge in [-0.2, -0.15) is 18.4 Å². The molecule has 0 bridgehead atoms. The van der Waals surface area contributed by atoms with E-state index in [2.05, 4.69) is 0 Å². The van der Waals surface area contributed by atoms with Crippen molar-refractivity contribution in [3.05, 3.63) is 58.1 Å². The number of rotatable bonds is 2. The van der Waals surface area contributed by atoms with Gasteiger partial charge in [-0.15, -0.1) is 0 Å². The minimum atomic E-state index is -4.61. The lowest BCUT2D eigenvalue weighted by Gasteiger charge is -2.13. The highest BCUT2D eigenvalue weighted by Crippen LogP contribution is 2.36. The highest BCUT2D eigenvalue weighted by atomic mass is 35.5. The molecule has 2 aromatic rings. The summed E-state index contributed by atoms with van der Waals surface area (Å²) in [5, 5.41) is 9.24. The number of benzene rings is 2. The van der Waals surface area contributed by atoms with Gasteiger partial charge < -0.3 is 4.74 Å². The van der Waals surface area contributed by atoms with E-state index in [1.807, 2.05) is 0 Å². The van der Waals surface area contributed by atoms with Crippen LogP contribution in [0.15, 0.2) is 36.4 Å². The maximum absolute atomic E-state index is 12.9. The van der Waals surface area contributed by atoms with Crippen LogP contribution in [0, 0.1) is 18.3 Å². The zero-order valence-electron chi connectivity index (χ0n) is 10.8. The van der Waals surface area contributed by atoms with Crippen molar-refractivity contribution in [3.8, 4) is 17.6 Å². The quantitative estimate of drug-likeness (QED) is 0.751. The van der Waals surface area contributed by atoms with Crippen molar-refractivity contribution in [1.82, 2.24) is 0 Å². The van der Waals surface area contributed by atoms with E-state index in [4.69, 9.17) is 21.6 Å². The molecule has 0 N–H and O–H groups in total. The summed E-state index contributed by atoms with van der Waals surface area (Å²) in [6.07, 6.45) is -4.61. The second-order valence-electron chi connectivity index (χ2n) is 4.33. The maximum Gasteiger partial charge on any atom is 0.417 e. The summed E-state index contributed by atoms with van der Waals surface area (Å²) in [5.41, 5.74) is -0.766. The summed E-state index contributed by atoms with van der Waals surface area (Å²) < 4.78 is 44.0. The molecule has 2 aromatic carbocycles. The van der Waals surface area contributed by atoms with Crippen molar-refractivity contribution < 1.29 is 17.9 Å². The molecule has 21 heavy (non-hydrogen) atoms. The van der Waals surface area contributed by atoms with E-state index in [0.717, 1.165) is 12.1 Å². The fourth-order valence-electron chi connectivity index (χ4n) is 1.77. The summed E-state index contributed by atoms with van der Waals surface area (Å²) in [6, 6.07) is 9.54. The van der Waals surface area contributed by atoms with Crippen molar-refractivity contribution >= 4 is 11.6 Å². The minimum absolute atomic E-state index is 0.00625. The highest BCUT2D eigenvalue weighted by Gasteiger charge is 2.34. The van der Waals surface area contributed by atoms with Gasteiger partial charge in [0.25, 0.3) is 0 Å². The van der Waals surface area contributed by atoms with Gasteiger partial charge in [-0.1, -0.05) is 11.6 Å². The Morgan fingerprint density at radius 1 is 1.14 bits per heavy atom. The van der Waals surface area contributed by atoms with Gasteiger partial charge in [-0.25, -0.2) is 0 Å². The van der Waals surface area contributed by atoms with Crippen molar-refractivity contribution in [2.45, 2.75) is 13.1 Å². The molecule has 6 heteroatoms. The van der Waals surface area contributed by atoms with E-state index < -0.39 is 17.3 Å². The topological polar surface area (TPSA) is 33.0 Å². The standard InChI is InChI=1S/C15H9ClF3NO/c1-9-6-11(16)3-5-14(9)21-12-4-2-10(8-20)13(7-12)15(17,18)19/h2-7H,1H3. The molecule has 0 saturated carbocycles. The summed E-state index contributed by atoms with van der Waals surface area (Å²) in [5.74, 6) is 0.406. The van der Waals surface area contributed by atoms with Gasteiger partial charge in [0.2, 0.25) is 0 Å². The van der Waals surface area contributed by atoms with E-state index in [9.17, 15) is 13.2 Å². The van der Waals surface area contributed by atoms with Crippen LogP contribution in [0.25, 0.3) is 0 Å². The van der Waals surface area contributed by atoms with Gasteiger partial charge in [0.1, 0.15) is 11.5 Å². The highest BCUT2D eigenvalue weighted by molar-refractivity contribution is 6.30. The van der Waals surface area contributed by atoms with E-state index in [-0.39, 0.29) is 5.75 Å². The van der Waals surface area contributed by atoms with Gasteiger partial charge in [0.05, 0.1) is 17.2 Å². The number of nitrogens with zero attached hydrogens (tertiary/aromatic N) is 1. The number of nitriles is 1. The Labute approximate surface area is 124 Å². The molecule has 0 aliphatic carbocycles. The molecular formula is C15H9ClF3NO. The molecule has 0 aliphatic rings. The van der Waals surface area contributed by atoms with Crippen LogP contribution in [-0.4, -0.2) is 0 Å². The van der Waals surface area contributed by atoms with Gasteiger partial charge in [-0.3, -0.25) is 0 Å². The molecule has 0 radical (unpaired) electrons. The number of ether oxygens (including phenoxy) is 1. The monoisotopic (exact) mass is 311 g/mol. The first kappa shape index (κ1) is 15.2. The second-order valence-corrected chi connectivity index (χ2v) is 4.77. The molecule has 0 heterocycles. The Balaban J connectivity index is 2.40. The molecule has 0 amide bonds. The number of alkyl halides is 3. The van der Waals surface area contributed by atoms with E-state index in [1.54, 1.807) is 25.1 Å². The number of hydrogen-bond acceptors (Lipinski definition) is 2. The predicted octanol–water partition coefficient (Wildman–Crippen LogP) is 5.33. The van der Waals surface area contributed by atoms with E-state index >= 15 is 0 Å². The first-order chi connectivity index (χ1) is 9.81. The SMILES string of the molecule is Cc1cc(Cl)ccc1Oc1ccc(C#N)c(C(F)(F)F)c1. The lowest BCUT2D eigenvalue weighted by atomic mass is 10.1. The minimum Gasteiger partial charge on any atom is -0.457 e. The van der Waals surface area contributed by atoms with Crippen molar-refractivity contribution in [2.24, 2.45) is 0 Å². The van der Waals surface area contributed by atoms with Crippen LogP contribution in [0.1, 0.15) is 16.7 Å². The Bertz CT molecular complexity index is 720. The molecular weight excluding hydrogens is 303 g/mol. The van der Waals surface area contributed by atoms with Gasteiger partial charge in [-0.05, 0) is 48.9 Å². The third-order valence-corrected chi connectivity index (χ3v) is 3.02. The first-order valence-corrected chi connectivity index (χ1v) is 6.24. The average molecular weight is 312 g/mol. The smallest absolute Gasteiger partial charge is 0.417 e. The third kappa shape index (κ3) is 3.47. The lowest BCUT2D eigenvalue weighted by molar-refractivity contribution is -0.137. The molecule has 0 aliphatic heterocycles. The second kappa shape index (κ2) is 5.66. The summed E-state index contributed by atoms with van der Waals surface area (Å²) in [7, 11) is 0. The van der Waals surface area contributed by atoms with Crippen LogP contribution in [0.5, 0.6) is 11.5 Å². The van der Waals surface area contributed by atoms with E-state index in [1.165, 1.54) is 12.1 Å². The normalized spacial score (nSPS) is 11.0. The van der Waals surface area contributed by atoms with Crippen LogP contribution >= 0.6 is 11.6 Å². The lowest BCUT2D eigenvalue weighted by Crippen LogP contribution is -2.08. The molecule has 0 saturated heterocycles. The van der Waals surface area contributed by atoms with Crippen molar-refractivity contribution in [3.63, 3.8) is 0 Å². The summed E-state index contributed by atoms with van der Waals surface area (Å²) in [6.45, 7) is 1.73. The van der Waals surface area contributed by atoms with Gasteiger partial charge >= 0.3 is 6.18 Å². The van der Waals surface area contributed by atoms with Gasteiger partial charge in [0.15, 0.2) is 0 Å². The Hall–Kier alpha value is -2.19. The zero-order chi connectivity index (χ0) is 15.6. The van der Waals surface area contributed by atoms with E-state index in [0.29, 0.717) is 16.3 Å². The largest absolute Gasteiger partial charge is 0.457 e. The van der Waals surface area contributed by atoms with Gasteiger partial charge in [0, 0.05) is 5.02 Å². The molecule has 0 spiro atoms. The molecule has 0 fully saturated rings. The van der Waals surface area contributed by atoms with Crippen LogP contribution in [0.4, 0.5) is 13.2 Å².